The molecule has 0 aliphatic carbocycles. The topological polar surface area (TPSA) is 69.1 Å². The van der Waals surface area contributed by atoms with Crippen molar-refractivity contribution in [3.05, 3.63) is 0 Å². The quantitative estimate of drug-likeness (QED) is 0.547. The standard InChI is InChI=1S/C5H11ClN2O/c6-5(9)4(8)2-1-3-7/h4H,1-3,7-8H2/t4-/m1/s1. The first kappa shape index (κ1) is 8.88. The van der Waals surface area contributed by atoms with E-state index < -0.39 is 11.3 Å². The van der Waals surface area contributed by atoms with Crippen molar-refractivity contribution in [3.8, 4) is 0 Å². The van der Waals surface area contributed by atoms with Crippen LogP contribution in [0.15, 0.2) is 0 Å². The van der Waals surface area contributed by atoms with E-state index in [-0.39, 0.29) is 0 Å². The fourth-order valence-corrected chi connectivity index (χ4v) is 0.560. The molecule has 0 aromatic heterocycles. The van der Waals surface area contributed by atoms with E-state index in [9.17, 15) is 4.79 Å². The normalized spacial score (nSPS) is 13.2. The third-order valence-electron chi connectivity index (χ3n) is 1.01. The summed E-state index contributed by atoms with van der Waals surface area (Å²) >= 11 is 5.06. The Morgan fingerprint density at radius 2 is 2.22 bits per heavy atom. The lowest BCUT2D eigenvalue weighted by molar-refractivity contribution is -0.112. The van der Waals surface area contributed by atoms with E-state index in [1.807, 2.05) is 0 Å². The highest BCUT2D eigenvalue weighted by Gasteiger charge is 2.07. The van der Waals surface area contributed by atoms with Gasteiger partial charge in [-0.2, -0.15) is 0 Å². The number of rotatable bonds is 4. The molecule has 9 heavy (non-hydrogen) atoms. The molecule has 3 nitrogen and oxygen atoms in total. The van der Waals surface area contributed by atoms with Gasteiger partial charge < -0.3 is 11.5 Å². The number of hydrogen-bond donors (Lipinski definition) is 2. The van der Waals surface area contributed by atoms with Gasteiger partial charge in [-0.05, 0) is 31.0 Å². The third-order valence-corrected chi connectivity index (χ3v) is 1.29. The lowest BCUT2D eigenvalue weighted by atomic mass is 10.2. The average molecular weight is 151 g/mol. The van der Waals surface area contributed by atoms with Crippen LogP contribution in [-0.2, 0) is 4.79 Å². The molecule has 0 amide bonds. The molecule has 0 aliphatic rings. The van der Waals surface area contributed by atoms with Crippen molar-refractivity contribution >= 4 is 16.8 Å². The zero-order valence-corrected chi connectivity index (χ0v) is 5.90. The smallest absolute Gasteiger partial charge is 0.238 e. The van der Waals surface area contributed by atoms with Crippen LogP contribution in [0, 0.1) is 0 Å². The number of halogens is 1. The Labute approximate surface area is 59.3 Å². The predicted molar refractivity (Wildman–Crippen MR) is 37.1 cm³/mol. The van der Waals surface area contributed by atoms with Crippen LogP contribution in [0.5, 0.6) is 0 Å². The highest BCUT2D eigenvalue weighted by atomic mass is 35.5. The number of nitrogens with two attached hydrogens (primary N) is 2. The van der Waals surface area contributed by atoms with E-state index in [2.05, 4.69) is 0 Å². The van der Waals surface area contributed by atoms with E-state index in [1.165, 1.54) is 0 Å². The lowest BCUT2D eigenvalue weighted by Crippen LogP contribution is -2.27. The Morgan fingerprint density at radius 1 is 1.67 bits per heavy atom. The Morgan fingerprint density at radius 3 is 2.56 bits per heavy atom. The molecule has 0 saturated heterocycles. The van der Waals surface area contributed by atoms with Crippen molar-refractivity contribution < 1.29 is 4.79 Å². The van der Waals surface area contributed by atoms with Crippen LogP contribution in [0.25, 0.3) is 0 Å². The number of carbonyl (C=O) groups excluding carboxylic acids is 1. The summed E-state index contributed by atoms with van der Waals surface area (Å²) in [7, 11) is 0. The molecule has 4 heteroatoms. The highest BCUT2D eigenvalue weighted by molar-refractivity contribution is 6.64. The number of hydrogen-bond acceptors (Lipinski definition) is 3. The maximum Gasteiger partial charge on any atom is 0.238 e. The SMILES string of the molecule is NCCC[C@@H](N)C(=O)Cl. The van der Waals surface area contributed by atoms with Crippen molar-refractivity contribution in [2.75, 3.05) is 6.54 Å². The van der Waals surface area contributed by atoms with Gasteiger partial charge in [-0.15, -0.1) is 0 Å². The van der Waals surface area contributed by atoms with Crippen LogP contribution in [0.3, 0.4) is 0 Å². The molecule has 54 valence electrons. The first-order chi connectivity index (χ1) is 4.18. The fraction of sp³-hybridized carbons (Fsp3) is 0.800. The van der Waals surface area contributed by atoms with E-state index in [0.29, 0.717) is 13.0 Å². The van der Waals surface area contributed by atoms with Crippen molar-refractivity contribution in [3.63, 3.8) is 0 Å². The summed E-state index contributed by atoms with van der Waals surface area (Å²) in [4.78, 5) is 10.2. The molecule has 4 N–H and O–H groups in total. The van der Waals surface area contributed by atoms with Crippen LogP contribution in [0.1, 0.15) is 12.8 Å². The van der Waals surface area contributed by atoms with Gasteiger partial charge in [0, 0.05) is 0 Å². The Balaban J connectivity index is 3.27. The van der Waals surface area contributed by atoms with Gasteiger partial charge in [0.05, 0.1) is 6.04 Å². The summed E-state index contributed by atoms with van der Waals surface area (Å²) in [6, 6.07) is -0.532. The minimum absolute atomic E-state index is 0.483. The van der Waals surface area contributed by atoms with Crippen LogP contribution >= 0.6 is 11.6 Å². The fourth-order valence-electron chi connectivity index (χ4n) is 0.451. The van der Waals surface area contributed by atoms with Gasteiger partial charge in [0.1, 0.15) is 0 Å². The zero-order valence-electron chi connectivity index (χ0n) is 5.14. The van der Waals surface area contributed by atoms with Gasteiger partial charge in [0.25, 0.3) is 0 Å². The molecule has 0 aromatic rings. The number of carbonyl (C=O) groups is 1. The Bertz CT molecular complexity index is 97.0. The third kappa shape index (κ3) is 4.39. The lowest BCUT2D eigenvalue weighted by Gasteiger charge is -2.02. The second kappa shape index (κ2) is 4.73. The Hall–Kier alpha value is -0.120. The van der Waals surface area contributed by atoms with E-state index in [4.69, 9.17) is 23.1 Å². The molecule has 0 radical (unpaired) electrons. The molecule has 0 heterocycles. The molecular weight excluding hydrogens is 140 g/mol. The van der Waals surface area contributed by atoms with Gasteiger partial charge in [0.15, 0.2) is 0 Å². The largest absolute Gasteiger partial charge is 0.330 e. The van der Waals surface area contributed by atoms with Crippen LogP contribution in [0.4, 0.5) is 0 Å². The van der Waals surface area contributed by atoms with Crippen LogP contribution in [-0.4, -0.2) is 17.8 Å². The molecular formula is C5H11ClN2O. The van der Waals surface area contributed by atoms with Gasteiger partial charge in [-0.3, -0.25) is 4.79 Å². The summed E-state index contributed by atoms with van der Waals surface area (Å²) in [5.41, 5.74) is 10.4. The summed E-state index contributed by atoms with van der Waals surface area (Å²) < 4.78 is 0. The first-order valence-electron chi connectivity index (χ1n) is 2.83. The van der Waals surface area contributed by atoms with Crippen molar-refractivity contribution in [1.29, 1.82) is 0 Å². The van der Waals surface area contributed by atoms with Crippen LogP contribution in [0.2, 0.25) is 0 Å². The van der Waals surface area contributed by atoms with Crippen LogP contribution < -0.4 is 11.5 Å². The van der Waals surface area contributed by atoms with E-state index in [1.54, 1.807) is 0 Å². The Kier molecular flexibility index (Phi) is 4.67. The molecule has 0 aromatic carbocycles. The second-order valence-electron chi connectivity index (χ2n) is 1.84. The first-order valence-corrected chi connectivity index (χ1v) is 3.21. The predicted octanol–water partition coefficient (Wildman–Crippen LogP) is -0.182. The maximum atomic E-state index is 10.2. The molecule has 0 rings (SSSR count). The van der Waals surface area contributed by atoms with Crippen molar-refractivity contribution in [1.82, 2.24) is 0 Å². The molecule has 0 fully saturated rings. The minimum atomic E-state index is -0.532. The highest BCUT2D eigenvalue weighted by Crippen LogP contribution is 1.96. The van der Waals surface area contributed by atoms with Crippen molar-refractivity contribution in [2.24, 2.45) is 11.5 Å². The second-order valence-corrected chi connectivity index (χ2v) is 2.21. The minimum Gasteiger partial charge on any atom is -0.330 e. The van der Waals surface area contributed by atoms with E-state index >= 15 is 0 Å². The maximum absolute atomic E-state index is 10.2. The monoisotopic (exact) mass is 150 g/mol. The molecule has 0 unspecified atom stereocenters. The van der Waals surface area contributed by atoms with Gasteiger partial charge >= 0.3 is 0 Å². The summed E-state index contributed by atoms with van der Waals surface area (Å²) in [6.45, 7) is 0.553. The van der Waals surface area contributed by atoms with Gasteiger partial charge in [-0.1, -0.05) is 0 Å². The molecule has 0 aliphatic heterocycles. The molecule has 0 spiro atoms. The average Bonchev–Trinajstić information content (AvgIpc) is 1.82. The van der Waals surface area contributed by atoms with E-state index in [0.717, 1.165) is 6.42 Å². The summed E-state index contributed by atoms with van der Waals surface area (Å²) in [6.07, 6.45) is 1.33. The summed E-state index contributed by atoms with van der Waals surface area (Å²) in [5, 5.41) is -0.483. The molecule has 0 saturated carbocycles. The molecule has 1 atom stereocenters. The molecule has 0 bridgehead atoms. The van der Waals surface area contributed by atoms with Gasteiger partial charge in [-0.25, -0.2) is 0 Å². The zero-order chi connectivity index (χ0) is 7.28. The van der Waals surface area contributed by atoms with Gasteiger partial charge in [0.2, 0.25) is 5.24 Å². The van der Waals surface area contributed by atoms with Crippen molar-refractivity contribution in [2.45, 2.75) is 18.9 Å². The summed E-state index contributed by atoms with van der Waals surface area (Å²) in [5.74, 6) is 0.